The van der Waals surface area contributed by atoms with Crippen LogP contribution in [-0.4, -0.2) is 23.9 Å². The number of sulfonamides is 1. The number of imidazole rings is 1. The lowest BCUT2D eigenvalue weighted by Gasteiger charge is -2.21. The molecule has 4 rings (SSSR count). The molecular weight excluding hydrogens is 395 g/mol. The highest BCUT2D eigenvalue weighted by molar-refractivity contribution is 7.89. The van der Waals surface area contributed by atoms with Crippen LogP contribution in [0.15, 0.2) is 59.8 Å². The lowest BCUT2D eigenvalue weighted by atomic mass is 10.0. The molecule has 0 saturated heterocycles. The summed E-state index contributed by atoms with van der Waals surface area (Å²) in [6.45, 7) is 0. The number of nitrogens with one attached hydrogen (secondary N) is 2. The van der Waals surface area contributed by atoms with E-state index < -0.39 is 21.9 Å². The first kappa shape index (κ1) is 19.3. The molecule has 0 aliphatic carbocycles. The van der Waals surface area contributed by atoms with Crippen molar-refractivity contribution in [3.05, 3.63) is 77.6 Å². The summed E-state index contributed by atoms with van der Waals surface area (Å²) in [5.41, 5.74) is 1.81. The monoisotopic (exact) mass is 414 g/mol. The fraction of sp³-hybridized carbons (Fsp3) is 0.200. The van der Waals surface area contributed by atoms with Crippen LogP contribution in [0.2, 0.25) is 0 Å². The van der Waals surface area contributed by atoms with E-state index >= 15 is 0 Å². The largest absolute Gasteiger partial charge is 0.336 e. The Morgan fingerprint density at radius 1 is 1.21 bits per heavy atom. The molecule has 2 N–H and O–H groups in total. The molecule has 3 aromatic rings. The third-order valence-electron chi connectivity index (χ3n) is 4.85. The van der Waals surface area contributed by atoms with E-state index in [0.717, 1.165) is 5.56 Å². The zero-order valence-electron chi connectivity index (χ0n) is 15.6. The van der Waals surface area contributed by atoms with Gasteiger partial charge in [-0.1, -0.05) is 12.1 Å². The van der Waals surface area contributed by atoms with Crippen molar-refractivity contribution in [2.75, 3.05) is 5.32 Å². The SMILES string of the molecule is Cn1ccnc1C(NS(=O)(=O)c1ccc2c(c1)CCC(=O)N2)c1cccc(F)c1. The molecule has 2 heterocycles. The second-order valence-electron chi connectivity index (χ2n) is 6.87. The maximum absolute atomic E-state index is 13.8. The lowest BCUT2D eigenvalue weighted by Crippen LogP contribution is -2.31. The summed E-state index contributed by atoms with van der Waals surface area (Å²) in [6.07, 6.45) is 4.02. The molecule has 2 aromatic carbocycles. The number of anilines is 1. The van der Waals surface area contributed by atoms with Gasteiger partial charge in [0.25, 0.3) is 0 Å². The van der Waals surface area contributed by atoms with Crippen molar-refractivity contribution in [3.8, 4) is 0 Å². The fourth-order valence-electron chi connectivity index (χ4n) is 3.36. The number of rotatable bonds is 5. The Hall–Kier alpha value is -3.04. The predicted molar refractivity (Wildman–Crippen MR) is 105 cm³/mol. The number of fused-ring (bicyclic) bond motifs is 1. The molecule has 1 aliphatic heterocycles. The molecule has 1 unspecified atom stereocenters. The summed E-state index contributed by atoms with van der Waals surface area (Å²) in [6, 6.07) is 9.45. The number of aromatic nitrogens is 2. The molecule has 29 heavy (non-hydrogen) atoms. The number of carbonyl (C=O) groups is 1. The Bertz CT molecular complexity index is 1190. The normalized spacial score (nSPS) is 14.9. The number of nitrogens with zero attached hydrogens (tertiary/aromatic N) is 2. The second-order valence-corrected chi connectivity index (χ2v) is 8.59. The average molecular weight is 414 g/mol. The van der Waals surface area contributed by atoms with Crippen LogP contribution in [0.5, 0.6) is 0 Å². The van der Waals surface area contributed by atoms with Crippen LogP contribution >= 0.6 is 0 Å². The van der Waals surface area contributed by atoms with Crippen LogP contribution in [0, 0.1) is 5.82 Å². The van der Waals surface area contributed by atoms with Crippen LogP contribution in [0.25, 0.3) is 0 Å². The van der Waals surface area contributed by atoms with Crippen molar-refractivity contribution in [2.24, 2.45) is 7.05 Å². The van der Waals surface area contributed by atoms with Crippen LogP contribution in [0.1, 0.15) is 29.4 Å². The molecule has 1 amide bonds. The molecule has 1 atom stereocenters. The van der Waals surface area contributed by atoms with Crippen LogP contribution in [0.3, 0.4) is 0 Å². The Morgan fingerprint density at radius 3 is 2.76 bits per heavy atom. The van der Waals surface area contributed by atoms with E-state index in [1.54, 1.807) is 42.2 Å². The van der Waals surface area contributed by atoms with E-state index in [9.17, 15) is 17.6 Å². The third-order valence-corrected chi connectivity index (χ3v) is 6.27. The summed E-state index contributed by atoms with van der Waals surface area (Å²) in [7, 11) is -2.21. The molecular formula is C20H19FN4O3S. The number of halogens is 1. The summed E-state index contributed by atoms with van der Waals surface area (Å²) in [5.74, 6) is -0.123. The average Bonchev–Trinajstić information content (AvgIpc) is 3.11. The molecule has 0 spiro atoms. The van der Waals surface area contributed by atoms with Crippen LogP contribution in [0.4, 0.5) is 10.1 Å². The van der Waals surface area contributed by atoms with Gasteiger partial charge >= 0.3 is 0 Å². The van der Waals surface area contributed by atoms with Gasteiger partial charge < -0.3 is 9.88 Å². The highest BCUT2D eigenvalue weighted by atomic mass is 32.2. The van der Waals surface area contributed by atoms with Crippen LogP contribution < -0.4 is 10.0 Å². The molecule has 1 aromatic heterocycles. The van der Waals surface area contributed by atoms with Gasteiger partial charge in [0.1, 0.15) is 17.7 Å². The molecule has 150 valence electrons. The molecule has 9 heteroatoms. The minimum absolute atomic E-state index is 0.0722. The summed E-state index contributed by atoms with van der Waals surface area (Å²) in [5, 5.41) is 2.73. The first-order valence-corrected chi connectivity index (χ1v) is 10.5. The smallest absolute Gasteiger partial charge is 0.241 e. The predicted octanol–water partition coefficient (Wildman–Crippen LogP) is 2.51. The molecule has 1 aliphatic rings. The van der Waals surface area contributed by atoms with Gasteiger partial charge in [-0.3, -0.25) is 4.79 Å². The van der Waals surface area contributed by atoms with E-state index in [2.05, 4.69) is 15.0 Å². The number of aryl methyl sites for hydroxylation is 2. The highest BCUT2D eigenvalue weighted by Gasteiger charge is 2.27. The molecule has 0 saturated carbocycles. The topological polar surface area (TPSA) is 93.1 Å². The Morgan fingerprint density at radius 2 is 2.03 bits per heavy atom. The molecule has 0 bridgehead atoms. The maximum atomic E-state index is 13.8. The van der Waals surface area contributed by atoms with Crippen LogP contribution in [-0.2, 0) is 28.3 Å². The number of hydrogen-bond acceptors (Lipinski definition) is 4. The van der Waals surface area contributed by atoms with Crippen molar-refractivity contribution in [2.45, 2.75) is 23.8 Å². The number of hydrogen-bond donors (Lipinski definition) is 2. The summed E-state index contributed by atoms with van der Waals surface area (Å²) in [4.78, 5) is 15.8. The van der Waals surface area contributed by atoms with E-state index in [1.807, 2.05) is 0 Å². The summed E-state index contributed by atoms with van der Waals surface area (Å²) >= 11 is 0. The van der Waals surface area contributed by atoms with Crippen molar-refractivity contribution >= 4 is 21.6 Å². The van der Waals surface area contributed by atoms with E-state index in [1.165, 1.54) is 24.3 Å². The number of benzene rings is 2. The van der Waals surface area contributed by atoms with Crippen molar-refractivity contribution < 1.29 is 17.6 Å². The van der Waals surface area contributed by atoms with E-state index in [0.29, 0.717) is 29.9 Å². The Kier molecular flexibility index (Phi) is 4.93. The number of carbonyl (C=O) groups excluding carboxylic acids is 1. The second kappa shape index (κ2) is 7.41. The molecule has 0 radical (unpaired) electrons. The Balaban J connectivity index is 1.72. The van der Waals surface area contributed by atoms with E-state index in [4.69, 9.17) is 0 Å². The van der Waals surface area contributed by atoms with Gasteiger partial charge in [-0.2, -0.15) is 4.72 Å². The van der Waals surface area contributed by atoms with Gasteiger partial charge in [0, 0.05) is 31.5 Å². The van der Waals surface area contributed by atoms with Gasteiger partial charge in [0.05, 0.1) is 4.90 Å². The minimum atomic E-state index is -3.95. The zero-order valence-corrected chi connectivity index (χ0v) is 16.4. The highest BCUT2D eigenvalue weighted by Crippen LogP contribution is 2.28. The van der Waals surface area contributed by atoms with Gasteiger partial charge in [-0.05, 0) is 47.9 Å². The fourth-order valence-corrected chi connectivity index (χ4v) is 4.59. The van der Waals surface area contributed by atoms with Gasteiger partial charge in [0.15, 0.2) is 0 Å². The first-order valence-electron chi connectivity index (χ1n) is 9.01. The van der Waals surface area contributed by atoms with Gasteiger partial charge in [0.2, 0.25) is 15.9 Å². The lowest BCUT2D eigenvalue weighted by molar-refractivity contribution is -0.116. The van der Waals surface area contributed by atoms with Crippen molar-refractivity contribution in [1.82, 2.24) is 14.3 Å². The zero-order chi connectivity index (χ0) is 20.6. The summed E-state index contributed by atoms with van der Waals surface area (Å²) < 4.78 is 44.4. The maximum Gasteiger partial charge on any atom is 0.241 e. The molecule has 7 nitrogen and oxygen atoms in total. The number of amides is 1. The van der Waals surface area contributed by atoms with Crippen molar-refractivity contribution in [3.63, 3.8) is 0 Å². The quantitative estimate of drug-likeness (QED) is 0.671. The molecule has 0 fully saturated rings. The van der Waals surface area contributed by atoms with Gasteiger partial charge in [-0.25, -0.2) is 17.8 Å². The van der Waals surface area contributed by atoms with E-state index in [-0.39, 0.29) is 10.8 Å². The van der Waals surface area contributed by atoms with Gasteiger partial charge in [-0.15, -0.1) is 0 Å². The van der Waals surface area contributed by atoms with Crippen molar-refractivity contribution in [1.29, 1.82) is 0 Å². The third kappa shape index (κ3) is 3.92. The first-order chi connectivity index (χ1) is 13.8. The Labute approximate surface area is 167 Å². The minimum Gasteiger partial charge on any atom is -0.336 e. The standard InChI is InChI=1S/C20H19FN4O3S/c1-25-10-9-22-20(25)19(14-3-2-4-15(21)11-14)24-29(27,28)16-6-7-17-13(12-16)5-8-18(26)23-17/h2-4,6-7,9-12,19,24H,5,8H2,1H3,(H,23,26).